The molecule has 0 aromatic heterocycles. The van der Waals surface area contributed by atoms with Gasteiger partial charge in [0.1, 0.15) is 0 Å². The predicted octanol–water partition coefficient (Wildman–Crippen LogP) is 2.89. The molecule has 1 aromatic carbocycles. The molecule has 0 saturated carbocycles. The maximum Gasteiger partial charge on any atom is 0.159 e. The number of aliphatic hydroxyl groups excluding tert-OH is 1. The van der Waals surface area contributed by atoms with Crippen LogP contribution in [0.1, 0.15) is 18.4 Å². The van der Waals surface area contributed by atoms with E-state index in [1.54, 1.807) is 0 Å². The maximum atomic E-state index is 12.8. The summed E-state index contributed by atoms with van der Waals surface area (Å²) >= 11 is 5.47. The van der Waals surface area contributed by atoms with Gasteiger partial charge in [-0.05, 0) is 37.0 Å². The van der Waals surface area contributed by atoms with Crippen molar-refractivity contribution in [1.82, 2.24) is 0 Å². The quantitative estimate of drug-likeness (QED) is 0.777. The molecule has 1 unspecified atom stereocenters. The third-order valence-corrected chi connectivity index (χ3v) is 2.39. The van der Waals surface area contributed by atoms with Crippen LogP contribution >= 0.6 is 11.6 Å². The Morgan fingerprint density at radius 3 is 2.60 bits per heavy atom. The summed E-state index contributed by atoms with van der Waals surface area (Å²) in [5.74, 6) is -1.25. The number of hydrogen-bond donors (Lipinski definition) is 1. The van der Waals surface area contributed by atoms with Gasteiger partial charge in [0.05, 0.1) is 6.10 Å². The molecular formula is C11H13ClF2O. The van der Waals surface area contributed by atoms with E-state index in [2.05, 4.69) is 0 Å². The molecule has 1 rings (SSSR count). The molecule has 0 bridgehead atoms. The van der Waals surface area contributed by atoms with Gasteiger partial charge in [-0.25, -0.2) is 8.78 Å². The van der Waals surface area contributed by atoms with Gasteiger partial charge in [-0.3, -0.25) is 0 Å². The lowest BCUT2D eigenvalue weighted by atomic mass is 10.0. The van der Waals surface area contributed by atoms with Crippen molar-refractivity contribution in [1.29, 1.82) is 0 Å². The van der Waals surface area contributed by atoms with E-state index >= 15 is 0 Å². The normalized spacial score (nSPS) is 12.8. The van der Waals surface area contributed by atoms with Crippen LogP contribution in [0, 0.1) is 11.6 Å². The summed E-state index contributed by atoms with van der Waals surface area (Å²) in [4.78, 5) is 0. The summed E-state index contributed by atoms with van der Waals surface area (Å²) < 4.78 is 25.4. The Hall–Kier alpha value is -0.670. The molecule has 4 heteroatoms. The molecule has 0 spiro atoms. The van der Waals surface area contributed by atoms with Crippen LogP contribution in [0.2, 0.25) is 0 Å². The Bertz CT molecular complexity index is 317. The second-order valence-electron chi connectivity index (χ2n) is 3.44. The van der Waals surface area contributed by atoms with Crippen molar-refractivity contribution in [3.05, 3.63) is 35.4 Å². The number of alkyl halides is 1. The minimum atomic E-state index is -0.878. The smallest absolute Gasteiger partial charge is 0.159 e. The molecule has 0 saturated heterocycles. The van der Waals surface area contributed by atoms with Crippen molar-refractivity contribution < 1.29 is 13.9 Å². The first-order valence-electron chi connectivity index (χ1n) is 4.81. The van der Waals surface area contributed by atoms with Gasteiger partial charge in [-0.1, -0.05) is 6.07 Å². The Kier molecular flexibility index (Phi) is 4.99. The van der Waals surface area contributed by atoms with Crippen LogP contribution in [0.5, 0.6) is 0 Å². The monoisotopic (exact) mass is 234 g/mol. The van der Waals surface area contributed by atoms with E-state index < -0.39 is 17.7 Å². The largest absolute Gasteiger partial charge is 0.393 e. The van der Waals surface area contributed by atoms with Crippen molar-refractivity contribution in [2.45, 2.75) is 25.4 Å². The molecule has 1 nitrogen and oxygen atoms in total. The molecule has 84 valence electrons. The minimum Gasteiger partial charge on any atom is -0.393 e. The summed E-state index contributed by atoms with van der Waals surface area (Å²) in [6.07, 6.45) is 1.07. The van der Waals surface area contributed by atoms with Crippen molar-refractivity contribution in [3.8, 4) is 0 Å². The van der Waals surface area contributed by atoms with Crippen LogP contribution in [0.3, 0.4) is 0 Å². The van der Waals surface area contributed by atoms with Crippen LogP contribution in [0.4, 0.5) is 8.78 Å². The average Bonchev–Trinajstić information content (AvgIpc) is 2.20. The molecule has 0 aliphatic rings. The van der Waals surface area contributed by atoms with Gasteiger partial charge in [0.2, 0.25) is 0 Å². The lowest BCUT2D eigenvalue weighted by Crippen LogP contribution is -2.10. The number of aliphatic hydroxyl groups is 1. The third-order valence-electron chi connectivity index (χ3n) is 2.13. The van der Waals surface area contributed by atoms with E-state index in [4.69, 9.17) is 11.6 Å². The van der Waals surface area contributed by atoms with Crippen molar-refractivity contribution >= 4 is 11.6 Å². The zero-order valence-electron chi connectivity index (χ0n) is 8.22. The van der Waals surface area contributed by atoms with Gasteiger partial charge >= 0.3 is 0 Å². The lowest BCUT2D eigenvalue weighted by Gasteiger charge is -2.09. The van der Waals surface area contributed by atoms with Gasteiger partial charge in [0.25, 0.3) is 0 Å². The molecule has 0 fully saturated rings. The highest BCUT2D eigenvalue weighted by Gasteiger charge is 2.07. The first kappa shape index (κ1) is 12.4. The van der Waals surface area contributed by atoms with Gasteiger partial charge in [-0.15, -0.1) is 11.6 Å². The molecule has 0 heterocycles. The molecule has 1 atom stereocenters. The maximum absolute atomic E-state index is 12.8. The third kappa shape index (κ3) is 4.14. The van der Waals surface area contributed by atoms with E-state index in [0.29, 0.717) is 30.7 Å². The van der Waals surface area contributed by atoms with Crippen molar-refractivity contribution in [3.63, 3.8) is 0 Å². The number of benzene rings is 1. The number of rotatable bonds is 5. The highest BCUT2D eigenvalue weighted by atomic mass is 35.5. The van der Waals surface area contributed by atoms with E-state index in [9.17, 15) is 13.9 Å². The van der Waals surface area contributed by atoms with Gasteiger partial charge < -0.3 is 5.11 Å². The summed E-state index contributed by atoms with van der Waals surface area (Å²) in [6, 6.07) is 3.65. The molecule has 0 radical (unpaired) electrons. The summed E-state index contributed by atoms with van der Waals surface area (Å²) in [5, 5.41) is 9.52. The fourth-order valence-electron chi connectivity index (χ4n) is 1.35. The molecule has 0 aliphatic heterocycles. The van der Waals surface area contributed by atoms with E-state index in [0.717, 1.165) is 12.1 Å². The predicted molar refractivity (Wildman–Crippen MR) is 56.0 cm³/mol. The second kappa shape index (κ2) is 6.03. The average molecular weight is 235 g/mol. The molecule has 0 aliphatic carbocycles. The SMILES string of the molecule is OC(CCCCl)Cc1ccc(F)c(F)c1. The Labute approximate surface area is 92.7 Å². The summed E-state index contributed by atoms with van der Waals surface area (Å²) in [7, 11) is 0. The van der Waals surface area contributed by atoms with Crippen molar-refractivity contribution in [2.24, 2.45) is 0 Å². The van der Waals surface area contributed by atoms with Crippen molar-refractivity contribution in [2.75, 3.05) is 5.88 Å². The molecule has 1 aromatic rings. The van der Waals surface area contributed by atoms with E-state index in [1.807, 2.05) is 0 Å². The Balaban J connectivity index is 2.53. The molecular weight excluding hydrogens is 222 g/mol. The van der Waals surface area contributed by atoms with E-state index in [-0.39, 0.29) is 0 Å². The van der Waals surface area contributed by atoms with E-state index in [1.165, 1.54) is 6.07 Å². The van der Waals surface area contributed by atoms with Crippen LogP contribution in [-0.2, 0) is 6.42 Å². The first-order chi connectivity index (χ1) is 7.13. The zero-order chi connectivity index (χ0) is 11.3. The summed E-state index contributed by atoms with van der Waals surface area (Å²) in [6.45, 7) is 0. The fourth-order valence-corrected chi connectivity index (χ4v) is 1.51. The highest BCUT2D eigenvalue weighted by Crippen LogP contribution is 2.12. The minimum absolute atomic E-state index is 0.327. The number of halogens is 3. The number of hydrogen-bond acceptors (Lipinski definition) is 1. The van der Waals surface area contributed by atoms with Crippen LogP contribution in [0.15, 0.2) is 18.2 Å². The fraction of sp³-hybridized carbons (Fsp3) is 0.455. The lowest BCUT2D eigenvalue weighted by molar-refractivity contribution is 0.164. The summed E-state index contributed by atoms with van der Waals surface area (Å²) in [5.41, 5.74) is 0.593. The molecule has 15 heavy (non-hydrogen) atoms. The van der Waals surface area contributed by atoms with Gasteiger partial charge in [-0.2, -0.15) is 0 Å². The Morgan fingerprint density at radius 2 is 2.00 bits per heavy atom. The topological polar surface area (TPSA) is 20.2 Å². The van der Waals surface area contributed by atoms with Gasteiger partial charge in [0, 0.05) is 5.88 Å². The van der Waals surface area contributed by atoms with Crippen LogP contribution in [-0.4, -0.2) is 17.1 Å². The zero-order valence-corrected chi connectivity index (χ0v) is 8.97. The van der Waals surface area contributed by atoms with Gasteiger partial charge in [0.15, 0.2) is 11.6 Å². The molecule has 0 amide bonds. The first-order valence-corrected chi connectivity index (χ1v) is 5.35. The highest BCUT2D eigenvalue weighted by molar-refractivity contribution is 6.17. The van der Waals surface area contributed by atoms with Crippen LogP contribution in [0.25, 0.3) is 0 Å². The Morgan fingerprint density at radius 1 is 1.27 bits per heavy atom. The second-order valence-corrected chi connectivity index (χ2v) is 3.82. The molecule has 1 N–H and O–H groups in total. The standard InChI is InChI=1S/C11H13ClF2O/c12-5-1-2-9(15)6-8-3-4-10(13)11(14)7-8/h3-4,7,9,15H,1-2,5-6H2. The van der Waals surface area contributed by atoms with Crippen LogP contribution < -0.4 is 0 Å².